The molecule has 0 saturated heterocycles. The van der Waals surface area contributed by atoms with Crippen molar-refractivity contribution in [3.8, 4) is 0 Å². The molecule has 0 aromatic carbocycles. The van der Waals surface area contributed by atoms with Gasteiger partial charge in [-0.05, 0) is 19.1 Å². The lowest BCUT2D eigenvalue weighted by Gasteiger charge is -2.22. The summed E-state index contributed by atoms with van der Waals surface area (Å²) in [5.41, 5.74) is 7.66. The van der Waals surface area contributed by atoms with E-state index in [4.69, 9.17) is 5.73 Å². The van der Waals surface area contributed by atoms with Crippen LogP contribution in [0.1, 0.15) is 12.6 Å². The quantitative estimate of drug-likeness (QED) is 0.780. The molecule has 0 amide bonds. The maximum atomic E-state index is 5.87. The minimum Gasteiger partial charge on any atom is -0.382 e. The van der Waals surface area contributed by atoms with Crippen LogP contribution in [0.3, 0.4) is 0 Å². The van der Waals surface area contributed by atoms with Gasteiger partial charge in [-0.15, -0.1) is 0 Å². The molecule has 0 saturated carbocycles. The van der Waals surface area contributed by atoms with Crippen LogP contribution in [0.4, 0.5) is 11.6 Å². The highest BCUT2D eigenvalue weighted by molar-refractivity contribution is 5.66. The van der Waals surface area contributed by atoms with Crippen molar-refractivity contribution in [2.24, 2.45) is 0 Å². The number of nitrogen functional groups attached to an aromatic ring is 1. The number of pyridine rings is 1. The summed E-state index contributed by atoms with van der Waals surface area (Å²) < 4.78 is 1.89. The molecular weight excluding hydrogens is 252 g/mol. The SMILES string of the molecule is CCN(Cc1ccccn1)c1nc(N)cn2ccnc12. The van der Waals surface area contributed by atoms with Gasteiger partial charge < -0.3 is 15.0 Å². The van der Waals surface area contributed by atoms with Crippen LogP contribution in [0.2, 0.25) is 0 Å². The first-order valence-electron chi connectivity index (χ1n) is 6.52. The lowest BCUT2D eigenvalue weighted by molar-refractivity contribution is 0.793. The van der Waals surface area contributed by atoms with E-state index in [-0.39, 0.29) is 0 Å². The van der Waals surface area contributed by atoms with Crippen molar-refractivity contribution in [1.29, 1.82) is 0 Å². The molecule has 0 radical (unpaired) electrons. The summed E-state index contributed by atoms with van der Waals surface area (Å²) in [5.74, 6) is 1.26. The summed E-state index contributed by atoms with van der Waals surface area (Å²) in [5, 5.41) is 0. The van der Waals surface area contributed by atoms with E-state index in [0.717, 1.165) is 23.7 Å². The molecule has 0 bridgehead atoms. The molecule has 0 atom stereocenters. The summed E-state index contributed by atoms with van der Waals surface area (Å²) in [7, 11) is 0. The fraction of sp³-hybridized carbons (Fsp3) is 0.214. The van der Waals surface area contributed by atoms with Crippen molar-refractivity contribution < 1.29 is 0 Å². The Bertz CT molecular complexity index is 706. The predicted molar refractivity (Wildman–Crippen MR) is 78.4 cm³/mol. The third-order valence-corrected chi connectivity index (χ3v) is 3.14. The number of hydrogen-bond acceptors (Lipinski definition) is 5. The van der Waals surface area contributed by atoms with Crippen LogP contribution in [-0.4, -0.2) is 25.9 Å². The first kappa shape index (κ1) is 12.4. The van der Waals surface area contributed by atoms with Gasteiger partial charge in [-0.1, -0.05) is 6.07 Å². The number of nitrogens with zero attached hydrogens (tertiary/aromatic N) is 5. The van der Waals surface area contributed by atoms with E-state index in [2.05, 4.69) is 26.8 Å². The molecular formula is C14H16N6. The Morgan fingerprint density at radius 1 is 1.25 bits per heavy atom. The lowest BCUT2D eigenvalue weighted by atomic mass is 10.3. The fourth-order valence-electron chi connectivity index (χ4n) is 2.17. The molecule has 2 N–H and O–H groups in total. The summed E-state index contributed by atoms with van der Waals surface area (Å²) in [6.45, 7) is 3.55. The van der Waals surface area contributed by atoms with Gasteiger partial charge in [-0.25, -0.2) is 9.97 Å². The topological polar surface area (TPSA) is 72.3 Å². The van der Waals surface area contributed by atoms with Gasteiger partial charge in [0, 0.05) is 25.1 Å². The zero-order chi connectivity index (χ0) is 13.9. The third kappa shape index (κ3) is 2.27. The van der Waals surface area contributed by atoms with Crippen molar-refractivity contribution >= 4 is 17.3 Å². The fourth-order valence-corrected chi connectivity index (χ4v) is 2.17. The molecule has 6 nitrogen and oxygen atoms in total. The number of hydrogen-bond donors (Lipinski definition) is 1. The van der Waals surface area contributed by atoms with Crippen molar-refractivity contribution in [3.05, 3.63) is 48.7 Å². The Balaban J connectivity index is 2.01. The standard InChI is InChI=1S/C14H16N6/c1-2-19(9-11-5-3-4-6-16-11)14-13-17-7-8-20(13)10-12(15)18-14/h3-8,10H,2,9,15H2,1H3. The van der Waals surface area contributed by atoms with E-state index in [9.17, 15) is 0 Å². The highest BCUT2D eigenvalue weighted by Crippen LogP contribution is 2.20. The molecule has 0 spiro atoms. The summed E-state index contributed by atoms with van der Waals surface area (Å²) in [6.07, 6.45) is 7.17. The molecule has 3 rings (SSSR count). The van der Waals surface area contributed by atoms with Crippen LogP contribution in [0, 0.1) is 0 Å². The van der Waals surface area contributed by atoms with Crippen molar-refractivity contribution in [2.75, 3.05) is 17.2 Å². The van der Waals surface area contributed by atoms with Crippen LogP contribution in [0.25, 0.3) is 5.65 Å². The van der Waals surface area contributed by atoms with E-state index in [1.54, 1.807) is 18.6 Å². The van der Waals surface area contributed by atoms with Gasteiger partial charge in [0.1, 0.15) is 5.82 Å². The number of aromatic nitrogens is 4. The van der Waals surface area contributed by atoms with Gasteiger partial charge in [-0.2, -0.15) is 0 Å². The Kier molecular flexibility index (Phi) is 3.20. The largest absolute Gasteiger partial charge is 0.382 e. The van der Waals surface area contributed by atoms with E-state index in [1.807, 2.05) is 28.8 Å². The second kappa shape index (κ2) is 5.16. The first-order valence-corrected chi connectivity index (χ1v) is 6.52. The highest BCUT2D eigenvalue weighted by Gasteiger charge is 2.14. The van der Waals surface area contributed by atoms with Crippen LogP contribution in [0.5, 0.6) is 0 Å². The average molecular weight is 268 g/mol. The molecule has 102 valence electrons. The van der Waals surface area contributed by atoms with Crippen LogP contribution < -0.4 is 10.6 Å². The zero-order valence-electron chi connectivity index (χ0n) is 11.3. The van der Waals surface area contributed by atoms with Crippen LogP contribution in [0.15, 0.2) is 43.0 Å². The van der Waals surface area contributed by atoms with Gasteiger partial charge in [0.25, 0.3) is 0 Å². The monoisotopic (exact) mass is 268 g/mol. The average Bonchev–Trinajstić information content (AvgIpc) is 2.93. The third-order valence-electron chi connectivity index (χ3n) is 3.14. The normalized spacial score (nSPS) is 10.8. The molecule has 0 aliphatic carbocycles. The first-order chi connectivity index (χ1) is 9.78. The molecule has 6 heteroatoms. The van der Waals surface area contributed by atoms with Crippen molar-refractivity contribution in [1.82, 2.24) is 19.4 Å². The van der Waals surface area contributed by atoms with Crippen molar-refractivity contribution in [3.63, 3.8) is 0 Å². The van der Waals surface area contributed by atoms with E-state index in [0.29, 0.717) is 12.4 Å². The molecule has 20 heavy (non-hydrogen) atoms. The van der Waals surface area contributed by atoms with E-state index < -0.39 is 0 Å². The Morgan fingerprint density at radius 3 is 2.90 bits per heavy atom. The smallest absolute Gasteiger partial charge is 0.180 e. The minimum atomic E-state index is 0.477. The predicted octanol–water partition coefficient (Wildman–Crippen LogP) is 1.73. The summed E-state index contributed by atoms with van der Waals surface area (Å²) in [4.78, 5) is 15.3. The van der Waals surface area contributed by atoms with Crippen molar-refractivity contribution in [2.45, 2.75) is 13.5 Å². The van der Waals surface area contributed by atoms with Gasteiger partial charge in [-0.3, -0.25) is 4.98 Å². The van der Waals surface area contributed by atoms with Gasteiger partial charge in [0.05, 0.1) is 18.4 Å². The Labute approximate surface area is 116 Å². The molecule has 0 aliphatic rings. The second-order valence-electron chi connectivity index (χ2n) is 4.48. The Morgan fingerprint density at radius 2 is 2.15 bits per heavy atom. The minimum absolute atomic E-state index is 0.477. The van der Waals surface area contributed by atoms with Crippen LogP contribution >= 0.6 is 0 Å². The molecule has 3 aromatic rings. The summed E-state index contributed by atoms with van der Waals surface area (Å²) >= 11 is 0. The molecule has 0 aliphatic heterocycles. The number of anilines is 2. The number of rotatable bonds is 4. The number of nitrogens with two attached hydrogens (primary N) is 1. The lowest BCUT2D eigenvalue weighted by Crippen LogP contribution is -2.24. The van der Waals surface area contributed by atoms with E-state index >= 15 is 0 Å². The number of imidazole rings is 1. The van der Waals surface area contributed by atoms with Gasteiger partial charge in [0.2, 0.25) is 0 Å². The maximum absolute atomic E-state index is 5.87. The molecule has 0 fully saturated rings. The van der Waals surface area contributed by atoms with Gasteiger partial charge >= 0.3 is 0 Å². The Hall–Kier alpha value is -2.63. The highest BCUT2D eigenvalue weighted by atomic mass is 15.2. The molecule has 0 unspecified atom stereocenters. The summed E-state index contributed by atoms with van der Waals surface area (Å²) in [6, 6.07) is 5.89. The van der Waals surface area contributed by atoms with Crippen LogP contribution in [-0.2, 0) is 6.54 Å². The van der Waals surface area contributed by atoms with Gasteiger partial charge in [0.15, 0.2) is 11.5 Å². The zero-order valence-corrected chi connectivity index (χ0v) is 11.3. The molecule has 3 aromatic heterocycles. The number of fused-ring (bicyclic) bond motifs is 1. The van der Waals surface area contributed by atoms with E-state index in [1.165, 1.54) is 0 Å². The second-order valence-corrected chi connectivity index (χ2v) is 4.48. The molecule has 3 heterocycles. The maximum Gasteiger partial charge on any atom is 0.180 e.